The summed E-state index contributed by atoms with van der Waals surface area (Å²) in [7, 11) is 3.20. The minimum atomic E-state index is -0.223. The molecule has 0 saturated heterocycles. The Hall–Kier alpha value is -1.95. The molecule has 1 aromatic carbocycles. The van der Waals surface area contributed by atoms with Crippen molar-refractivity contribution in [3.8, 4) is 11.5 Å². The van der Waals surface area contributed by atoms with Gasteiger partial charge in [0.05, 0.1) is 26.4 Å². The van der Waals surface area contributed by atoms with Crippen molar-refractivity contribution in [1.82, 2.24) is 10.6 Å². The average Bonchev–Trinajstić information content (AvgIpc) is 2.56. The number of benzene rings is 1. The number of hydrogen-bond acceptors (Lipinski definition) is 4. The SMILES string of the molecule is COc1cc(C)c([C@H](C)NC(=O)NC2CCC(O)CC2)cc1OC. The molecule has 0 radical (unpaired) electrons. The van der Waals surface area contributed by atoms with E-state index in [9.17, 15) is 9.90 Å². The van der Waals surface area contributed by atoms with E-state index in [0.717, 1.165) is 36.8 Å². The van der Waals surface area contributed by atoms with Crippen molar-refractivity contribution in [3.05, 3.63) is 23.3 Å². The lowest BCUT2D eigenvalue weighted by atomic mass is 9.93. The summed E-state index contributed by atoms with van der Waals surface area (Å²) in [5, 5.41) is 15.5. The fourth-order valence-electron chi connectivity index (χ4n) is 3.18. The molecule has 6 heteroatoms. The van der Waals surface area contributed by atoms with E-state index < -0.39 is 0 Å². The van der Waals surface area contributed by atoms with Gasteiger partial charge in [-0.3, -0.25) is 0 Å². The van der Waals surface area contributed by atoms with E-state index >= 15 is 0 Å². The number of urea groups is 1. The second-order valence-corrected chi connectivity index (χ2v) is 6.41. The molecule has 1 aliphatic rings. The summed E-state index contributed by atoms with van der Waals surface area (Å²) < 4.78 is 10.6. The van der Waals surface area contributed by atoms with Gasteiger partial charge in [-0.15, -0.1) is 0 Å². The first kappa shape index (κ1) is 18.4. The van der Waals surface area contributed by atoms with Gasteiger partial charge in [-0.1, -0.05) is 0 Å². The van der Waals surface area contributed by atoms with E-state index in [1.165, 1.54) is 0 Å². The first-order valence-electron chi connectivity index (χ1n) is 8.42. The van der Waals surface area contributed by atoms with Crippen molar-refractivity contribution in [3.63, 3.8) is 0 Å². The molecule has 1 aliphatic carbocycles. The van der Waals surface area contributed by atoms with Crippen LogP contribution >= 0.6 is 0 Å². The van der Waals surface area contributed by atoms with Gasteiger partial charge >= 0.3 is 6.03 Å². The molecule has 0 bridgehead atoms. The molecule has 1 atom stereocenters. The lowest BCUT2D eigenvalue weighted by Gasteiger charge is -2.27. The number of nitrogens with one attached hydrogen (secondary N) is 2. The molecular weight excluding hydrogens is 308 g/mol. The molecule has 134 valence electrons. The number of amides is 2. The van der Waals surface area contributed by atoms with E-state index in [-0.39, 0.29) is 24.2 Å². The molecule has 0 unspecified atom stereocenters. The molecule has 0 heterocycles. The number of aliphatic hydroxyl groups is 1. The van der Waals surface area contributed by atoms with Crippen molar-refractivity contribution in [2.45, 2.75) is 57.7 Å². The Morgan fingerprint density at radius 2 is 1.75 bits per heavy atom. The van der Waals surface area contributed by atoms with Gasteiger partial charge in [0.15, 0.2) is 11.5 Å². The first-order chi connectivity index (χ1) is 11.4. The van der Waals surface area contributed by atoms with Crippen LogP contribution in [0.15, 0.2) is 12.1 Å². The van der Waals surface area contributed by atoms with E-state index in [1.807, 2.05) is 26.0 Å². The maximum Gasteiger partial charge on any atom is 0.315 e. The van der Waals surface area contributed by atoms with Gasteiger partial charge in [0.1, 0.15) is 0 Å². The smallest absolute Gasteiger partial charge is 0.315 e. The van der Waals surface area contributed by atoms with Crippen LogP contribution in [0.25, 0.3) is 0 Å². The number of hydrogen-bond donors (Lipinski definition) is 3. The number of methoxy groups -OCH3 is 2. The highest BCUT2D eigenvalue weighted by Crippen LogP contribution is 2.32. The van der Waals surface area contributed by atoms with Crippen LogP contribution < -0.4 is 20.1 Å². The zero-order chi connectivity index (χ0) is 17.7. The van der Waals surface area contributed by atoms with Crippen LogP contribution in [0, 0.1) is 6.92 Å². The zero-order valence-electron chi connectivity index (χ0n) is 14.9. The van der Waals surface area contributed by atoms with E-state index in [0.29, 0.717) is 11.5 Å². The van der Waals surface area contributed by atoms with Gasteiger partial charge < -0.3 is 25.2 Å². The van der Waals surface area contributed by atoms with E-state index in [1.54, 1.807) is 14.2 Å². The van der Waals surface area contributed by atoms with Gasteiger partial charge in [0.25, 0.3) is 0 Å². The standard InChI is InChI=1S/C18H28N2O4/c1-11-9-16(23-3)17(24-4)10-15(11)12(2)19-18(22)20-13-5-7-14(21)8-6-13/h9-10,12-14,21H,5-8H2,1-4H3,(H2,19,20,22)/t12-,13?,14?/m0/s1. The normalized spacial score (nSPS) is 21.7. The zero-order valence-corrected chi connectivity index (χ0v) is 14.9. The van der Waals surface area contributed by atoms with Crippen molar-refractivity contribution < 1.29 is 19.4 Å². The predicted octanol–water partition coefficient (Wildman–Crippen LogP) is 2.68. The predicted molar refractivity (Wildman–Crippen MR) is 92.6 cm³/mol. The van der Waals surface area contributed by atoms with Crippen LogP contribution in [0.4, 0.5) is 4.79 Å². The molecule has 6 nitrogen and oxygen atoms in total. The van der Waals surface area contributed by atoms with Crippen LogP contribution in [0.3, 0.4) is 0 Å². The Morgan fingerprint density at radius 3 is 2.33 bits per heavy atom. The molecule has 24 heavy (non-hydrogen) atoms. The molecule has 1 aromatic rings. The molecule has 2 amide bonds. The van der Waals surface area contributed by atoms with Crippen molar-refractivity contribution in [2.24, 2.45) is 0 Å². The van der Waals surface area contributed by atoms with Crippen LogP contribution in [0.5, 0.6) is 11.5 Å². The summed E-state index contributed by atoms with van der Waals surface area (Å²) in [6.45, 7) is 3.92. The maximum absolute atomic E-state index is 12.2. The summed E-state index contributed by atoms with van der Waals surface area (Å²) in [5.74, 6) is 1.32. The highest BCUT2D eigenvalue weighted by molar-refractivity contribution is 5.75. The first-order valence-corrected chi connectivity index (χ1v) is 8.42. The average molecular weight is 336 g/mol. The topological polar surface area (TPSA) is 79.8 Å². The summed E-state index contributed by atoms with van der Waals surface area (Å²) >= 11 is 0. The van der Waals surface area contributed by atoms with Crippen LogP contribution in [0.1, 0.15) is 49.8 Å². The third-order valence-electron chi connectivity index (χ3n) is 4.62. The number of carbonyl (C=O) groups excluding carboxylic acids is 1. The van der Waals surface area contributed by atoms with Gasteiger partial charge in [-0.05, 0) is 62.8 Å². The highest BCUT2D eigenvalue weighted by atomic mass is 16.5. The van der Waals surface area contributed by atoms with Crippen LogP contribution in [-0.4, -0.2) is 37.5 Å². The van der Waals surface area contributed by atoms with Gasteiger partial charge in [0.2, 0.25) is 0 Å². The highest BCUT2D eigenvalue weighted by Gasteiger charge is 2.22. The van der Waals surface area contributed by atoms with E-state index in [4.69, 9.17) is 9.47 Å². The van der Waals surface area contributed by atoms with Crippen molar-refractivity contribution >= 4 is 6.03 Å². The minimum absolute atomic E-state index is 0.132. The summed E-state index contributed by atoms with van der Waals surface area (Å²) in [6, 6.07) is 3.60. The van der Waals surface area contributed by atoms with Crippen LogP contribution in [0.2, 0.25) is 0 Å². The maximum atomic E-state index is 12.2. The molecule has 3 N–H and O–H groups in total. The Kier molecular flexibility index (Phi) is 6.31. The summed E-state index contributed by atoms with van der Waals surface area (Å²) in [5.41, 5.74) is 2.02. The number of carbonyl (C=O) groups is 1. The largest absolute Gasteiger partial charge is 0.493 e. The molecular formula is C18H28N2O4. The lowest BCUT2D eigenvalue weighted by molar-refractivity contribution is 0.117. The number of aliphatic hydroxyl groups excluding tert-OH is 1. The minimum Gasteiger partial charge on any atom is -0.493 e. The molecule has 0 aromatic heterocycles. The van der Waals surface area contributed by atoms with E-state index in [2.05, 4.69) is 10.6 Å². The third-order valence-corrected chi connectivity index (χ3v) is 4.62. The summed E-state index contributed by atoms with van der Waals surface area (Å²) in [6.07, 6.45) is 2.90. The molecule has 0 aliphatic heterocycles. The van der Waals surface area contributed by atoms with Gasteiger partial charge in [0, 0.05) is 6.04 Å². The molecule has 2 rings (SSSR count). The Balaban J connectivity index is 1.98. The second-order valence-electron chi connectivity index (χ2n) is 6.41. The fourth-order valence-corrected chi connectivity index (χ4v) is 3.18. The van der Waals surface area contributed by atoms with Gasteiger partial charge in [-0.2, -0.15) is 0 Å². The Bertz CT molecular complexity index is 568. The number of ether oxygens (including phenoxy) is 2. The van der Waals surface area contributed by atoms with Crippen LogP contribution in [-0.2, 0) is 0 Å². The molecule has 1 saturated carbocycles. The van der Waals surface area contributed by atoms with Crippen molar-refractivity contribution in [2.75, 3.05) is 14.2 Å². The quantitative estimate of drug-likeness (QED) is 0.772. The number of aryl methyl sites for hydroxylation is 1. The second kappa shape index (κ2) is 8.24. The molecule has 1 fully saturated rings. The summed E-state index contributed by atoms with van der Waals surface area (Å²) in [4.78, 5) is 12.2. The third kappa shape index (κ3) is 4.54. The number of rotatable bonds is 5. The van der Waals surface area contributed by atoms with Crippen molar-refractivity contribution in [1.29, 1.82) is 0 Å². The van der Waals surface area contributed by atoms with Gasteiger partial charge in [-0.25, -0.2) is 4.79 Å². The molecule has 0 spiro atoms. The fraction of sp³-hybridized carbons (Fsp3) is 0.611. The lowest BCUT2D eigenvalue weighted by Crippen LogP contribution is -2.44. The monoisotopic (exact) mass is 336 g/mol. The Labute approximate surface area is 143 Å². The Morgan fingerprint density at radius 1 is 1.17 bits per heavy atom.